The van der Waals surface area contributed by atoms with Crippen molar-refractivity contribution in [1.82, 2.24) is 10.0 Å². The van der Waals surface area contributed by atoms with E-state index < -0.39 is 5.97 Å². The van der Waals surface area contributed by atoms with E-state index in [1.807, 2.05) is 55.5 Å². The minimum atomic E-state index is -0.550. The van der Waals surface area contributed by atoms with Crippen LogP contribution in [0, 0.1) is 12.8 Å². The fraction of sp³-hybridized carbons (Fsp3) is 0.303. The van der Waals surface area contributed by atoms with E-state index in [0.717, 1.165) is 33.9 Å². The summed E-state index contributed by atoms with van der Waals surface area (Å²) in [6.07, 6.45) is 7.74. The number of carbonyl (C=O) groups excluding carboxylic acids is 3. The Morgan fingerprint density at radius 3 is 2.58 bits per heavy atom. The largest absolute Gasteiger partial charge is 0.488 e. The number of allylic oxidation sites excluding steroid dienone is 1. The standard InChI is InChI=1S/C33H32N2O5/c1-20-8-6-7-11-24(20)31(37)23-12-14-28-26(18-23)30-29(35(28)19-22-9-4-3-5-10-22)15-13-25-32(38)27(34-40-21(2)36)16-17-39-33(25)30/h6-8,11-16,18,22,34H,3-5,9-10,17,19H2,1-2H3. The van der Waals surface area contributed by atoms with Crippen molar-refractivity contribution in [3.63, 3.8) is 0 Å². The predicted octanol–water partition coefficient (Wildman–Crippen LogP) is 6.44. The molecule has 4 aromatic rings. The summed E-state index contributed by atoms with van der Waals surface area (Å²) in [6, 6.07) is 17.2. The van der Waals surface area contributed by atoms with E-state index in [2.05, 4.69) is 10.0 Å². The molecule has 6 rings (SSSR count). The first-order chi connectivity index (χ1) is 19.4. The topological polar surface area (TPSA) is 86.6 Å². The van der Waals surface area contributed by atoms with Crippen LogP contribution in [0.1, 0.15) is 70.9 Å². The number of nitrogens with zero attached hydrogens (tertiary/aromatic N) is 1. The lowest BCUT2D eigenvalue weighted by molar-refractivity contribution is -0.146. The van der Waals surface area contributed by atoms with Crippen LogP contribution in [0.5, 0.6) is 5.75 Å². The third kappa shape index (κ3) is 4.66. The van der Waals surface area contributed by atoms with Gasteiger partial charge in [-0.2, -0.15) is 0 Å². The first-order valence-corrected chi connectivity index (χ1v) is 13.9. The van der Waals surface area contributed by atoms with Crippen molar-refractivity contribution in [2.24, 2.45) is 5.92 Å². The van der Waals surface area contributed by atoms with Gasteiger partial charge in [0, 0.05) is 35.5 Å². The highest BCUT2D eigenvalue weighted by molar-refractivity contribution is 6.20. The number of hydrogen-bond acceptors (Lipinski definition) is 6. The molecule has 0 bridgehead atoms. The van der Waals surface area contributed by atoms with Crippen molar-refractivity contribution in [2.45, 2.75) is 52.5 Å². The van der Waals surface area contributed by atoms with E-state index in [4.69, 9.17) is 9.57 Å². The summed E-state index contributed by atoms with van der Waals surface area (Å²) in [5.74, 6) is 0.138. The zero-order valence-electron chi connectivity index (χ0n) is 22.8. The summed E-state index contributed by atoms with van der Waals surface area (Å²) in [4.78, 5) is 43.3. The van der Waals surface area contributed by atoms with Crippen molar-refractivity contribution in [3.8, 4) is 5.75 Å². The molecule has 0 saturated heterocycles. The number of fused-ring (bicyclic) bond motifs is 5. The Morgan fingerprint density at radius 1 is 1.02 bits per heavy atom. The first-order valence-electron chi connectivity index (χ1n) is 13.9. The summed E-state index contributed by atoms with van der Waals surface area (Å²) in [5, 5.41) is 1.70. The maximum absolute atomic E-state index is 13.6. The second-order valence-corrected chi connectivity index (χ2v) is 10.8. The number of rotatable bonds is 6. The molecule has 0 radical (unpaired) electrons. The molecule has 0 unspecified atom stereocenters. The molecule has 7 heteroatoms. The summed E-state index contributed by atoms with van der Waals surface area (Å²) >= 11 is 0. The Labute approximate surface area is 232 Å². The Hall–Kier alpha value is -4.39. The van der Waals surface area contributed by atoms with Crippen molar-refractivity contribution >= 4 is 39.3 Å². The first kappa shape index (κ1) is 25.9. The van der Waals surface area contributed by atoms with E-state index >= 15 is 0 Å². The van der Waals surface area contributed by atoms with Crippen molar-refractivity contribution in [1.29, 1.82) is 0 Å². The number of nitrogens with one attached hydrogen (secondary N) is 1. The van der Waals surface area contributed by atoms with Gasteiger partial charge in [0.25, 0.3) is 0 Å². The van der Waals surface area contributed by atoms with Crippen LogP contribution in [0.15, 0.2) is 66.4 Å². The van der Waals surface area contributed by atoms with Gasteiger partial charge in [-0.05, 0) is 67.7 Å². The average Bonchev–Trinajstić information content (AvgIpc) is 3.17. The van der Waals surface area contributed by atoms with Gasteiger partial charge in [-0.15, -0.1) is 0 Å². The van der Waals surface area contributed by atoms with Gasteiger partial charge in [-0.1, -0.05) is 43.5 Å². The lowest BCUT2D eigenvalue weighted by Crippen LogP contribution is -2.23. The highest BCUT2D eigenvalue weighted by atomic mass is 16.7. The van der Waals surface area contributed by atoms with Gasteiger partial charge in [0.2, 0.25) is 5.78 Å². The minimum absolute atomic E-state index is 0.0401. The zero-order chi connectivity index (χ0) is 27.8. The van der Waals surface area contributed by atoms with Gasteiger partial charge < -0.3 is 14.1 Å². The molecule has 2 aliphatic rings. The molecule has 0 spiro atoms. The van der Waals surface area contributed by atoms with Crippen molar-refractivity contribution < 1.29 is 24.0 Å². The highest BCUT2D eigenvalue weighted by Crippen LogP contribution is 2.41. The van der Waals surface area contributed by atoms with Crippen LogP contribution in [-0.4, -0.2) is 28.7 Å². The number of ether oxygens (including phenoxy) is 1. The second-order valence-electron chi connectivity index (χ2n) is 10.8. The smallest absolute Gasteiger partial charge is 0.329 e. The van der Waals surface area contributed by atoms with Crippen LogP contribution < -0.4 is 10.2 Å². The fourth-order valence-electron chi connectivity index (χ4n) is 6.10. The highest BCUT2D eigenvalue weighted by Gasteiger charge is 2.27. The number of ketones is 2. The molecule has 204 valence electrons. The molecule has 40 heavy (non-hydrogen) atoms. The molecule has 0 atom stereocenters. The van der Waals surface area contributed by atoms with E-state index in [-0.39, 0.29) is 23.9 Å². The van der Waals surface area contributed by atoms with E-state index in [0.29, 0.717) is 28.4 Å². The molecule has 1 N–H and O–H groups in total. The molecule has 3 aromatic carbocycles. The lowest BCUT2D eigenvalue weighted by Gasteiger charge is -2.23. The van der Waals surface area contributed by atoms with Crippen LogP contribution in [-0.2, 0) is 16.2 Å². The number of carbonyl (C=O) groups is 3. The third-order valence-corrected chi connectivity index (χ3v) is 8.11. The molecule has 1 aliphatic carbocycles. The maximum atomic E-state index is 13.6. The Bertz CT molecular complexity index is 1690. The average molecular weight is 537 g/mol. The Balaban J connectivity index is 1.52. The normalized spacial score (nSPS) is 15.8. The molecule has 1 aromatic heterocycles. The number of Topliss-reactive ketones (excluding diaryl/α,β-unsaturated/α-hetero) is 1. The monoisotopic (exact) mass is 536 g/mol. The number of aromatic nitrogens is 1. The van der Waals surface area contributed by atoms with Gasteiger partial charge >= 0.3 is 5.97 Å². The Morgan fingerprint density at radius 2 is 1.80 bits per heavy atom. The summed E-state index contributed by atoms with van der Waals surface area (Å²) in [7, 11) is 0. The molecule has 1 saturated carbocycles. The number of hydrogen-bond donors (Lipinski definition) is 1. The Kier molecular flexibility index (Phi) is 6.88. The molecular formula is C33H32N2O5. The van der Waals surface area contributed by atoms with E-state index in [1.165, 1.54) is 39.0 Å². The van der Waals surface area contributed by atoms with Crippen LogP contribution in [0.4, 0.5) is 0 Å². The molecule has 2 heterocycles. The van der Waals surface area contributed by atoms with E-state index in [1.54, 1.807) is 12.1 Å². The van der Waals surface area contributed by atoms with Crippen LogP contribution in [0.2, 0.25) is 0 Å². The number of hydroxylamine groups is 1. The summed E-state index contributed by atoms with van der Waals surface area (Å²) in [5.41, 5.74) is 7.18. The fourth-order valence-corrected chi connectivity index (χ4v) is 6.10. The second kappa shape index (κ2) is 10.6. The van der Waals surface area contributed by atoms with Crippen LogP contribution in [0.25, 0.3) is 21.8 Å². The predicted molar refractivity (Wildman–Crippen MR) is 153 cm³/mol. The summed E-state index contributed by atoms with van der Waals surface area (Å²) in [6.45, 7) is 4.20. The SMILES string of the molecule is CC(=O)ONC1=CCOc2c(ccc3c2c2cc(C(=O)c4ccccc4C)ccc2n3CC2CCCCC2)C1=O. The quantitative estimate of drug-likeness (QED) is 0.225. The zero-order valence-corrected chi connectivity index (χ0v) is 22.8. The number of benzene rings is 3. The molecule has 1 fully saturated rings. The van der Waals surface area contributed by atoms with Gasteiger partial charge in [0.15, 0.2) is 5.78 Å². The lowest BCUT2D eigenvalue weighted by atomic mass is 9.89. The maximum Gasteiger partial charge on any atom is 0.329 e. The van der Waals surface area contributed by atoms with Crippen LogP contribution >= 0.6 is 0 Å². The van der Waals surface area contributed by atoms with Gasteiger partial charge in [0.1, 0.15) is 18.1 Å². The third-order valence-electron chi connectivity index (χ3n) is 8.11. The van der Waals surface area contributed by atoms with Crippen molar-refractivity contribution in [3.05, 3.63) is 88.6 Å². The van der Waals surface area contributed by atoms with Crippen molar-refractivity contribution in [2.75, 3.05) is 6.61 Å². The van der Waals surface area contributed by atoms with Gasteiger partial charge in [-0.25, -0.2) is 5.48 Å². The minimum Gasteiger partial charge on any atom is -0.488 e. The van der Waals surface area contributed by atoms with Crippen LogP contribution in [0.3, 0.4) is 0 Å². The van der Waals surface area contributed by atoms with Gasteiger partial charge in [-0.3, -0.25) is 14.4 Å². The molecule has 0 amide bonds. The molecular weight excluding hydrogens is 504 g/mol. The van der Waals surface area contributed by atoms with E-state index in [9.17, 15) is 14.4 Å². The molecule has 1 aliphatic heterocycles. The molecule has 7 nitrogen and oxygen atoms in total. The summed E-state index contributed by atoms with van der Waals surface area (Å²) < 4.78 is 8.54. The number of aryl methyl sites for hydroxylation is 1. The van der Waals surface area contributed by atoms with Gasteiger partial charge in [0.05, 0.1) is 16.5 Å².